The Bertz CT molecular complexity index is 485. The van der Waals surface area contributed by atoms with Crippen molar-refractivity contribution in [3.8, 4) is 5.75 Å². The lowest BCUT2D eigenvalue weighted by atomic mass is 10.2. The summed E-state index contributed by atoms with van der Waals surface area (Å²) < 4.78 is 94.6. The largest absolute Gasteiger partial charge is 0.488 e. The van der Waals surface area contributed by atoms with E-state index in [9.17, 15) is 35.8 Å². The van der Waals surface area contributed by atoms with E-state index in [2.05, 4.69) is 9.47 Å². The van der Waals surface area contributed by atoms with Crippen molar-refractivity contribution in [2.75, 3.05) is 19.8 Å². The molecule has 0 bridgehead atoms. The molecular weight excluding hydrogens is 325 g/mol. The standard InChI is InChI=1S/C12H11F7O3/c13-9-2-1-7(12(17,18)19)3-10(9)22-5-8(20)4-21-6-11(14,15)16/h1-3,8,20H,4-6H2. The zero-order chi connectivity index (χ0) is 17.0. The second kappa shape index (κ2) is 7.14. The van der Waals surface area contributed by atoms with Gasteiger partial charge in [-0.15, -0.1) is 0 Å². The van der Waals surface area contributed by atoms with Crippen LogP contribution in [0.4, 0.5) is 30.7 Å². The number of alkyl halides is 6. The zero-order valence-electron chi connectivity index (χ0n) is 10.8. The van der Waals surface area contributed by atoms with Crippen molar-refractivity contribution in [1.29, 1.82) is 0 Å². The van der Waals surface area contributed by atoms with Crippen LogP contribution in [-0.2, 0) is 10.9 Å². The van der Waals surface area contributed by atoms with Gasteiger partial charge in [-0.2, -0.15) is 26.3 Å². The minimum atomic E-state index is -4.71. The van der Waals surface area contributed by atoms with Gasteiger partial charge < -0.3 is 14.6 Å². The van der Waals surface area contributed by atoms with Crippen LogP contribution in [0.15, 0.2) is 18.2 Å². The average molecular weight is 336 g/mol. The molecule has 1 aromatic rings. The Morgan fingerprint density at radius 2 is 1.68 bits per heavy atom. The smallest absolute Gasteiger partial charge is 0.416 e. The summed E-state index contributed by atoms with van der Waals surface area (Å²) in [5.74, 6) is -1.87. The van der Waals surface area contributed by atoms with Gasteiger partial charge in [0.2, 0.25) is 0 Å². The molecule has 1 rings (SSSR count). The molecule has 0 fully saturated rings. The molecule has 0 saturated heterocycles. The van der Waals surface area contributed by atoms with Crippen molar-refractivity contribution in [2.24, 2.45) is 0 Å². The van der Waals surface area contributed by atoms with Crippen molar-refractivity contribution < 1.29 is 45.3 Å². The van der Waals surface area contributed by atoms with Gasteiger partial charge in [-0.3, -0.25) is 0 Å². The Morgan fingerprint density at radius 3 is 2.23 bits per heavy atom. The van der Waals surface area contributed by atoms with Crippen LogP contribution < -0.4 is 4.74 Å². The van der Waals surface area contributed by atoms with E-state index in [1.54, 1.807) is 0 Å². The van der Waals surface area contributed by atoms with Crippen LogP contribution in [-0.4, -0.2) is 37.2 Å². The van der Waals surface area contributed by atoms with E-state index >= 15 is 0 Å². The maximum absolute atomic E-state index is 13.3. The van der Waals surface area contributed by atoms with Crippen molar-refractivity contribution in [3.05, 3.63) is 29.6 Å². The van der Waals surface area contributed by atoms with Gasteiger partial charge in [-0.05, 0) is 18.2 Å². The monoisotopic (exact) mass is 336 g/mol. The molecule has 0 amide bonds. The van der Waals surface area contributed by atoms with Gasteiger partial charge in [0.25, 0.3) is 0 Å². The molecule has 1 N–H and O–H groups in total. The van der Waals surface area contributed by atoms with Gasteiger partial charge in [0.1, 0.15) is 19.3 Å². The zero-order valence-corrected chi connectivity index (χ0v) is 10.8. The number of ether oxygens (including phenoxy) is 2. The third kappa shape index (κ3) is 6.48. The van der Waals surface area contributed by atoms with Crippen LogP contribution >= 0.6 is 0 Å². The summed E-state index contributed by atoms with van der Waals surface area (Å²) in [6.45, 7) is -3.09. The maximum atomic E-state index is 13.3. The van der Waals surface area contributed by atoms with Crippen LogP contribution in [0.25, 0.3) is 0 Å². The Kier molecular flexibility index (Phi) is 6.00. The molecule has 0 aliphatic rings. The van der Waals surface area contributed by atoms with E-state index in [1.807, 2.05) is 0 Å². The number of aliphatic hydroxyl groups excluding tert-OH is 1. The van der Waals surface area contributed by atoms with Crippen molar-refractivity contribution in [3.63, 3.8) is 0 Å². The molecule has 10 heteroatoms. The average Bonchev–Trinajstić information content (AvgIpc) is 2.34. The molecule has 0 aliphatic carbocycles. The van der Waals surface area contributed by atoms with E-state index < -0.39 is 55.4 Å². The highest BCUT2D eigenvalue weighted by molar-refractivity contribution is 5.31. The van der Waals surface area contributed by atoms with Crippen LogP contribution in [0.2, 0.25) is 0 Å². The minimum absolute atomic E-state index is 0.388. The van der Waals surface area contributed by atoms with Crippen LogP contribution in [0.3, 0.4) is 0 Å². The molecule has 22 heavy (non-hydrogen) atoms. The normalized spacial score (nSPS) is 14.0. The lowest BCUT2D eigenvalue weighted by molar-refractivity contribution is -0.179. The topological polar surface area (TPSA) is 38.7 Å². The summed E-state index contributed by atoms with van der Waals surface area (Å²) in [5, 5.41) is 9.27. The lowest BCUT2D eigenvalue weighted by Gasteiger charge is -2.15. The number of hydrogen-bond acceptors (Lipinski definition) is 3. The molecule has 1 aromatic carbocycles. The summed E-state index contributed by atoms with van der Waals surface area (Å²) in [4.78, 5) is 0. The second-order valence-electron chi connectivity index (χ2n) is 4.24. The van der Waals surface area contributed by atoms with E-state index in [1.165, 1.54) is 0 Å². The number of halogens is 7. The molecule has 1 atom stereocenters. The fourth-order valence-corrected chi connectivity index (χ4v) is 1.34. The SMILES string of the molecule is OC(COCC(F)(F)F)COc1cc(C(F)(F)F)ccc1F. The van der Waals surface area contributed by atoms with E-state index in [0.717, 1.165) is 0 Å². The highest BCUT2D eigenvalue weighted by Gasteiger charge is 2.31. The highest BCUT2D eigenvalue weighted by Crippen LogP contribution is 2.32. The van der Waals surface area contributed by atoms with Gasteiger partial charge in [-0.1, -0.05) is 0 Å². The predicted molar refractivity (Wildman–Crippen MR) is 59.8 cm³/mol. The maximum Gasteiger partial charge on any atom is 0.416 e. The van der Waals surface area contributed by atoms with Crippen LogP contribution in [0, 0.1) is 5.82 Å². The first-order chi connectivity index (χ1) is 9.99. The van der Waals surface area contributed by atoms with E-state index in [4.69, 9.17) is 0 Å². The molecule has 3 nitrogen and oxygen atoms in total. The van der Waals surface area contributed by atoms with Crippen molar-refractivity contribution >= 4 is 0 Å². The first kappa shape index (κ1) is 18.5. The van der Waals surface area contributed by atoms with Gasteiger partial charge in [0.05, 0.1) is 12.2 Å². The first-order valence-electron chi connectivity index (χ1n) is 5.81. The molecule has 1 unspecified atom stereocenters. The number of rotatable bonds is 6. The molecule has 0 saturated carbocycles. The van der Waals surface area contributed by atoms with Gasteiger partial charge in [-0.25, -0.2) is 4.39 Å². The Hall–Kier alpha value is -1.55. The van der Waals surface area contributed by atoms with Gasteiger partial charge >= 0.3 is 12.4 Å². The number of benzene rings is 1. The molecule has 0 radical (unpaired) electrons. The molecule has 126 valence electrons. The summed E-state index contributed by atoms with van der Waals surface area (Å²) in [6, 6.07) is 1.42. The summed E-state index contributed by atoms with van der Waals surface area (Å²) >= 11 is 0. The summed E-state index contributed by atoms with van der Waals surface area (Å²) in [6.07, 6.45) is -10.8. The first-order valence-corrected chi connectivity index (χ1v) is 5.81. The second-order valence-corrected chi connectivity index (χ2v) is 4.24. The lowest BCUT2D eigenvalue weighted by Crippen LogP contribution is -2.27. The summed E-state index contributed by atoms with van der Waals surface area (Å²) in [5.41, 5.74) is -1.16. The van der Waals surface area contributed by atoms with Gasteiger partial charge in [0, 0.05) is 0 Å². The fourth-order valence-electron chi connectivity index (χ4n) is 1.34. The molecular formula is C12H11F7O3. The highest BCUT2D eigenvalue weighted by atomic mass is 19.4. The third-order valence-corrected chi connectivity index (χ3v) is 2.27. The quantitative estimate of drug-likeness (QED) is 0.811. The molecule has 0 aliphatic heterocycles. The van der Waals surface area contributed by atoms with Crippen LogP contribution in [0.5, 0.6) is 5.75 Å². The predicted octanol–water partition coefficient (Wildman–Crippen LogP) is 3.16. The summed E-state index contributed by atoms with van der Waals surface area (Å²) in [7, 11) is 0. The molecule has 0 aromatic heterocycles. The van der Waals surface area contributed by atoms with E-state index in [0.29, 0.717) is 18.2 Å². The third-order valence-electron chi connectivity index (χ3n) is 2.27. The molecule has 0 heterocycles. The van der Waals surface area contributed by atoms with E-state index in [-0.39, 0.29) is 0 Å². The molecule has 0 spiro atoms. The van der Waals surface area contributed by atoms with Crippen LogP contribution in [0.1, 0.15) is 5.56 Å². The number of aliphatic hydroxyl groups is 1. The Balaban J connectivity index is 2.53. The van der Waals surface area contributed by atoms with Gasteiger partial charge in [0.15, 0.2) is 11.6 Å². The Labute approximate surface area is 120 Å². The number of hydrogen-bond donors (Lipinski definition) is 1. The fraction of sp³-hybridized carbons (Fsp3) is 0.500. The van der Waals surface area contributed by atoms with Crippen molar-refractivity contribution in [1.82, 2.24) is 0 Å². The van der Waals surface area contributed by atoms with Crippen molar-refractivity contribution in [2.45, 2.75) is 18.5 Å². The minimum Gasteiger partial charge on any atom is -0.488 e. The Morgan fingerprint density at radius 1 is 1.05 bits per heavy atom.